The zero-order chi connectivity index (χ0) is 16.6. The average Bonchev–Trinajstić information content (AvgIpc) is 3.36. The lowest BCUT2D eigenvalue weighted by atomic mass is 9.94. The number of benzene rings is 1. The van der Waals surface area contributed by atoms with Crippen molar-refractivity contribution in [1.82, 2.24) is 5.32 Å². The largest absolute Gasteiger partial charge is 0.416 e. The molecule has 2 fully saturated rings. The second-order valence-electron chi connectivity index (χ2n) is 6.62. The number of hydrogen-bond acceptors (Lipinski definition) is 1. The Morgan fingerprint density at radius 1 is 1.17 bits per heavy atom. The van der Waals surface area contributed by atoms with Gasteiger partial charge in [-0.1, -0.05) is 6.07 Å². The van der Waals surface area contributed by atoms with Crippen molar-refractivity contribution < 1.29 is 22.4 Å². The van der Waals surface area contributed by atoms with E-state index in [1.165, 1.54) is 0 Å². The van der Waals surface area contributed by atoms with Gasteiger partial charge in [0.15, 0.2) is 0 Å². The van der Waals surface area contributed by atoms with Gasteiger partial charge in [-0.15, -0.1) is 0 Å². The fourth-order valence-corrected chi connectivity index (χ4v) is 3.21. The number of alkyl halides is 3. The van der Waals surface area contributed by atoms with Crippen molar-refractivity contribution in [3.8, 4) is 0 Å². The van der Waals surface area contributed by atoms with Crippen molar-refractivity contribution in [3.63, 3.8) is 0 Å². The molecule has 0 aromatic heterocycles. The second kappa shape index (κ2) is 6.13. The van der Waals surface area contributed by atoms with E-state index in [-0.39, 0.29) is 18.0 Å². The van der Waals surface area contributed by atoms with Crippen LogP contribution in [0.1, 0.15) is 43.2 Å². The Morgan fingerprint density at radius 2 is 1.78 bits per heavy atom. The Hall–Kier alpha value is -1.59. The maximum Gasteiger partial charge on any atom is 0.416 e. The van der Waals surface area contributed by atoms with Gasteiger partial charge < -0.3 is 5.32 Å². The van der Waals surface area contributed by atoms with Crippen LogP contribution in [0.25, 0.3) is 0 Å². The summed E-state index contributed by atoms with van der Waals surface area (Å²) in [4.78, 5) is 12.1. The molecule has 0 aliphatic heterocycles. The number of amides is 1. The van der Waals surface area contributed by atoms with E-state index in [0.717, 1.165) is 37.8 Å². The Morgan fingerprint density at radius 3 is 2.30 bits per heavy atom. The average molecular weight is 329 g/mol. The van der Waals surface area contributed by atoms with E-state index in [1.807, 2.05) is 0 Å². The third-order valence-corrected chi connectivity index (χ3v) is 4.73. The van der Waals surface area contributed by atoms with E-state index in [2.05, 4.69) is 5.32 Å². The SMILES string of the molecule is O=C(CC(C1CC1)C1CC1)NCc1ccc(F)cc1C(F)(F)F. The number of carbonyl (C=O) groups excluding carboxylic acids is 1. The van der Waals surface area contributed by atoms with E-state index < -0.39 is 17.6 Å². The number of hydrogen-bond donors (Lipinski definition) is 1. The maximum atomic E-state index is 13.1. The molecule has 1 amide bonds. The second-order valence-corrected chi connectivity index (χ2v) is 6.62. The molecule has 23 heavy (non-hydrogen) atoms. The zero-order valence-corrected chi connectivity index (χ0v) is 12.6. The molecule has 0 saturated heterocycles. The highest BCUT2D eigenvalue weighted by molar-refractivity contribution is 5.76. The summed E-state index contributed by atoms with van der Waals surface area (Å²) in [5, 5.41) is 2.57. The van der Waals surface area contributed by atoms with Gasteiger partial charge in [0.1, 0.15) is 5.82 Å². The van der Waals surface area contributed by atoms with Gasteiger partial charge in [0, 0.05) is 13.0 Å². The lowest BCUT2D eigenvalue weighted by molar-refractivity contribution is -0.138. The molecular weight excluding hydrogens is 310 g/mol. The monoisotopic (exact) mass is 329 g/mol. The summed E-state index contributed by atoms with van der Waals surface area (Å²) < 4.78 is 51.8. The highest BCUT2D eigenvalue weighted by Gasteiger charge is 2.42. The molecule has 0 atom stereocenters. The first-order chi connectivity index (χ1) is 10.8. The molecule has 1 aromatic carbocycles. The molecule has 1 aromatic rings. The van der Waals surface area contributed by atoms with Gasteiger partial charge in [0.25, 0.3) is 0 Å². The maximum absolute atomic E-state index is 13.1. The van der Waals surface area contributed by atoms with Crippen LogP contribution < -0.4 is 5.32 Å². The van der Waals surface area contributed by atoms with Crippen LogP contribution >= 0.6 is 0 Å². The van der Waals surface area contributed by atoms with Crippen LogP contribution in [0.5, 0.6) is 0 Å². The highest BCUT2D eigenvalue weighted by atomic mass is 19.4. The van der Waals surface area contributed by atoms with Crippen LogP contribution in [-0.4, -0.2) is 5.91 Å². The van der Waals surface area contributed by atoms with Gasteiger partial charge in [-0.25, -0.2) is 4.39 Å². The van der Waals surface area contributed by atoms with Crippen molar-refractivity contribution in [2.45, 2.75) is 44.8 Å². The van der Waals surface area contributed by atoms with Crippen molar-refractivity contribution >= 4 is 5.91 Å². The van der Waals surface area contributed by atoms with Crippen LogP contribution in [0, 0.1) is 23.6 Å². The van der Waals surface area contributed by atoms with E-state index >= 15 is 0 Å². The minimum absolute atomic E-state index is 0.110. The van der Waals surface area contributed by atoms with Gasteiger partial charge >= 0.3 is 6.18 Å². The topological polar surface area (TPSA) is 29.1 Å². The number of halogens is 4. The smallest absolute Gasteiger partial charge is 0.352 e. The predicted octanol–water partition coefficient (Wildman–Crippen LogP) is 4.29. The molecule has 0 radical (unpaired) electrons. The van der Waals surface area contributed by atoms with Gasteiger partial charge in [0.05, 0.1) is 5.56 Å². The molecule has 3 rings (SSSR count). The molecule has 0 heterocycles. The lowest BCUT2D eigenvalue weighted by Crippen LogP contribution is -2.27. The Labute approximate surface area is 132 Å². The van der Waals surface area contributed by atoms with Crippen LogP contribution in [0.3, 0.4) is 0 Å². The summed E-state index contributed by atoms with van der Waals surface area (Å²) in [6, 6.07) is 2.53. The first-order valence-corrected chi connectivity index (χ1v) is 7.97. The summed E-state index contributed by atoms with van der Waals surface area (Å²) in [6.45, 7) is -0.226. The first-order valence-electron chi connectivity index (χ1n) is 7.97. The summed E-state index contributed by atoms with van der Waals surface area (Å²) >= 11 is 0. The quantitative estimate of drug-likeness (QED) is 0.775. The minimum atomic E-state index is -4.63. The fraction of sp³-hybridized carbons (Fsp3) is 0.588. The zero-order valence-electron chi connectivity index (χ0n) is 12.6. The molecule has 0 bridgehead atoms. The summed E-state index contributed by atoms with van der Waals surface area (Å²) in [7, 11) is 0. The van der Waals surface area contributed by atoms with Crippen molar-refractivity contribution in [1.29, 1.82) is 0 Å². The first kappa shape index (κ1) is 16.3. The van der Waals surface area contributed by atoms with E-state index in [4.69, 9.17) is 0 Å². The number of carbonyl (C=O) groups is 1. The molecule has 6 heteroatoms. The lowest BCUT2D eigenvalue weighted by Gasteiger charge is -2.16. The van der Waals surface area contributed by atoms with Crippen molar-refractivity contribution in [2.24, 2.45) is 17.8 Å². The van der Waals surface area contributed by atoms with Gasteiger partial charge in [-0.05, 0) is 61.1 Å². The van der Waals surface area contributed by atoms with Gasteiger partial charge in [-0.3, -0.25) is 4.79 Å². The molecule has 2 nitrogen and oxygen atoms in total. The highest BCUT2D eigenvalue weighted by Crippen LogP contribution is 2.50. The molecule has 0 unspecified atom stereocenters. The van der Waals surface area contributed by atoms with E-state index in [1.54, 1.807) is 0 Å². The molecular formula is C17H19F4NO. The Bertz CT molecular complexity index is 579. The third-order valence-electron chi connectivity index (χ3n) is 4.73. The molecule has 1 N–H and O–H groups in total. The Balaban J connectivity index is 1.60. The van der Waals surface area contributed by atoms with Crippen LogP contribution in [0.15, 0.2) is 18.2 Å². The Kier molecular flexibility index (Phi) is 4.34. The van der Waals surface area contributed by atoms with Crippen LogP contribution in [-0.2, 0) is 17.5 Å². The summed E-state index contributed by atoms with van der Waals surface area (Å²) in [5.41, 5.74) is -1.14. The van der Waals surface area contributed by atoms with Crippen LogP contribution in [0.4, 0.5) is 17.6 Å². The van der Waals surface area contributed by atoms with E-state index in [9.17, 15) is 22.4 Å². The summed E-state index contributed by atoms with van der Waals surface area (Å²) in [5.74, 6) is 0.459. The summed E-state index contributed by atoms with van der Waals surface area (Å²) in [6.07, 6.45) is 0.384. The van der Waals surface area contributed by atoms with Crippen molar-refractivity contribution in [3.05, 3.63) is 35.1 Å². The van der Waals surface area contributed by atoms with E-state index in [0.29, 0.717) is 30.2 Å². The van der Waals surface area contributed by atoms with Crippen LogP contribution in [0.2, 0.25) is 0 Å². The molecule has 2 aliphatic carbocycles. The molecule has 2 aliphatic rings. The fourth-order valence-electron chi connectivity index (χ4n) is 3.21. The third kappa shape index (κ3) is 4.24. The van der Waals surface area contributed by atoms with Crippen molar-refractivity contribution in [2.75, 3.05) is 0 Å². The van der Waals surface area contributed by atoms with Gasteiger partial charge in [-0.2, -0.15) is 13.2 Å². The predicted molar refractivity (Wildman–Crippen MR) is 76.8 cm³/mol. The van der Waals surface area contributed by atoms with Gasteiger partial charge in [0.2, 0.25) is 5.91 Å². The number of nitrogens with one attached hydrogen (secondary N) is 1. The minimum Gasteiger partial charge on any atom is -0.352 e. The molecule has 0 spiro atoms. The normalized spacial score (nSPS) is 18.3. The number of rotatable bonds is 6. The standard InChI is InChI=1S/C17H19F4NO/c18-13-6-5-12(15(7-13)17(19,20)21)9-22-16(23)8-14(10-1-2-10)11-3-4-11/h5-7,10-11,14H,1-4,8-9H2,(H,22,23). The molecule has 2 saturated carbocycles. The molecule has 126 valence electrons.